The van der Waals surface area contributed by atoms with Crippen LogP contribution in [0.1, 0.15) is 11.4 Å². The first-order valence-electron chi connectivity index (χ1n) is 6.24. The molecule has 20 heavy (non-hydrogen) atoms. The lowest BCUT2D eigenvalue weighted by Crippen LogP contribution is -2.22. The third-order valence-corrected chi connectivity index (χ3v) is 3.26. The largest absolute Gasteiger partial charge is 0.295 e. The Morgan fingerprint density at radius 3 is 2.75 bits per heavy atom. The van der Waals surface area contributed by atoms with E-state index >= 15 is 0 Å². The van der Waals surface area contributed by atoms with Crippen LogP contribution in [-0.2, 0) is 7.05 Å². The second-order valence-electron chi connectivity index (χ2n) is 4.54. The highest BCUT2D eigenvalue weighted by Gasteiger charge is 2.11. The molecule has 4 heteroatoms. The molecule has 0 spiro atoms. The average molecular weight is 263 g/mol. The number of rotatable bonds is 2. The van der Waals surface area contributed by atoms with E-state index in [1.165, 1.54) is 4.57 Å². The zero-order valence-corrected chi connectivity index (χ0v) is 11.1. The Bertz CT molecular complexity index is 850. The third-order valence-electron chi connectivity index (χ3n) is 3.26. The summed E-state index contributed by atoms with van der Waals surface area (Å²) < 4.78 is 1.53. The van der Waals surface area contributed by atoms with Crippen molar-refractivity contribution in [3.63, 3.8) is 0 Å². The van der Waals surface area contributed by atoms with E-state index in [9.17, 15) is 4.79 Å². The predicted octanol–water partition coefficient (Wildman–Crippen LogP) is 2.39. The Hall–Kier alpha value is -2.75. The van der Waals surface area contributed by atoms with Gasteiger partial charge in [-0.1, -0.05) is 24.8 Å². The molecule has 0 fully saturated rings. The highest BCUT2D eigenvalue weighted by atomic mass is 16.1. The second kappa shape index (κ2) is 4.74. The number of nitrogens with zero attached hydrogens (tertiary/aromatic N) is 3. The summed E-state index contributed by atoms with van der Waals surface area (Å²) in [5, 5.41) is 0.609. The number of aromatic nitrogens is 3. The first kappa shape index (κ1) is 12.3. The molecule has 98 valence electrons. The molecule has 4 nitrogen and oxygen atoms in total. The molecule has 0 aliphatic carbocycles. The van der Waals surface area contributed by atoms with E-state index in [0.717, 1.165) is 5.56 Å². The first-order chi connectivity index (χ1) is 9.68. The number of fused-ring (bicyclic) bond motifs is 1. The van der Waals surface area contributed by atoms with Gasteiger partial charge < -0.3 is 0 Å². The van der Waals surface area contributed by atoms with E-state index < -0.39 is 0 Å². The van der Waals surface area contributed by atoms with Crippen LogP contribution in [0.4, 0.5) is 0 Å². The van der Waals surface area contributed by atoms with Crippen LogP contribution in [0.5, 0.6) is 0 Å². The lowest BCUT2D eigenvalue weighted by Gasteiger charge is -2.11. The van der Waals surface area contributed by atoms with Crippen molar-refractivity contribution >= 4 is 16.5 Å². The molecular weight excluding hydrogens is 250 g/mol. The van der Waals surface area contributed by atoms with Gasteiger partial charge in [-0.15, -0.1) is 0 Å². The zero-order valence-electron chi connectivity index (χ0n) is 11.1. The van der Waals surface area contributed by atoms with Crippen LogP contribution in [0.2, 0.25) is 0 Å². The lowest BCUT2D eigenvalue weighted by molar-refractivity contribution is 0.822. The van der Waals surface area contributed by atoms with Crippen LogP contribution in [0, 0.1) is 0 Å². The molecule has 0 unspecified atom stereocenters. The van der Waals surface area contributed by atoms with Gasteiger partial charge in [0.25, 0.3) is 5.56 Å². The average Bonchev–Trinajstić information content (AvgIpc) is 2.51. The summed E-state index contributed by atoms with van der Waals surface area (Å²) >= 11 is 0. The molecule has 3 rings (SSSR count). The molecule has 0 bridgehead atoms. The van der Waals surface area contributed by atoms with Crippen molar-refractivity contribution in [1.82, 2.24) is 14.5 Å². The fourth-order valence-corrected chi connectivity index (χ4v) is 2.16. The third kappa shape index (κ3) is 1.91. The Balaban J connectivity index is 2.25. The minimum absolute atomic E-state index is 0.0735. The Morgan fingerprint density at radius 2 is 2.00 bits per heavy atom. The van der Waals surface area contributed by atoms with Gasteiger partial charge in [0.05, 0.1) is 10.9 Å². The summed E-state index contributed by atoms with van der Waals surface area (Å²) in [5.74, 6) is 0.557. The van der Waals surface area contributed by atoms with Gasteiger partial charge in [-0.3, -0.25) is 14.3 Å². The van der Waals surface area contributed by atoms with Crippen LogP contribution in [0.3, 0.4) is 0 Å². The van der Waals surface area contributed by atoms with Crippen LogP contribution >= 0.6 is 0 Å². The zero-order chi connectivity index (χ0) is 14.1. The van der Waals surface area contributed by atoms with Crippen molar-refractivity contribution in [2.24, 2.45) is 7.05 Å². The van der Waals surface area contributed by atoms with Crippen molar-refractivity contribution in [1.29, 1.82) is 0 Å². The summed E-state index contributed by atoms with van der Waals surface area (Å²) in [6, 6.07) is 11.0. The Morgan fingerprint density at radius 1 is 1.20 bits per heavy atom. The first-order valence-corrected chi connectivity index (χ1v) is 6.24. The molecule has 0 aliphatic heterocycles. The molecular formula is C16H13N3O. The maximum absolute atomic E-state index is 12.4. The van der Waals surface area contributed by atoms with Gasteiger partial charge in [0, 0.05) is 30.6 Å². The summed E-state index contributed by atoms with van der Waals surface area (Å²) in [5.41, 5.74) is 2.14. The number of hydrogen-bond acceptors (Lipinski definition) is 3. The van der Waals surface area contributed by atoms with Crippen molar-refractivity contribution < 1.29 is 0 Å². The summed E-state index contributed by atoms with van der Waals surface area (Å²) in [6.07, 6.45) is 3.41. The minimum Gasteiger partial charge on any atom is -0.295 e. The molecule has 0 radical (unpaired) electrons. The van der Waals surface area contributed by atoms with Crippen LogP contribution < -0.4 is 5.56 Å². The lowest BCUT2D eigenvalue weighted by atomic mass is 10.1. The summed E-state index contributed by atoms with van der Waals surface area (Å²) in [4.78, 5) is 21.0. The maximum Gasteiger partial charge on any atom is 0.261 e. The molecule has 2 aromatic heterocycles. The van der Waals surface area contributed by atoms with E-state index in [2.05, 4.69) is 16.5 Å². The molecule has 0 atom stereocenters. The smallest absolute Gasteiger partial charge is 0.261 e. The fourth-order valence-electron chi connectivity index (χ4n) is 2.16. The van der Waals surface area contributed by atoms with Gasteiger partial charge in [0.1, 0.15) is 5.82 Å². The van der Waals surface area contributed by atoms with Crippen LogP contribution in [0.25, 0.3) is 16.5 Å². The highest BCUT2D eigenvalue weighted by Crippen LogP contribution is 2.19. The molecule has 0 amide bonds. The van der Waals surface area contributed by atoms with Gasteiger partial charge >= 0.3 is 0 Å². The quantitative estimate of drug-likeness (QED) is 0.713. The summed E-state index contributed by atoms with van der Waals surface area (Å²) in [7, 11) is 1.71. The number of hydrogen-bond donors (Lipinski definition) is 0. The van der Waals surface area contributed by atoms with Crippen molar-refractivity contribution in [3.05, 3.63) is 77.1 Å². The van der Waals surface area contributed by atoms with Gasteiger partial charge in [0.2, 0.25) is 0 Å². The van der Waals surface area contributed by atoms with Crippen molar-refractivity contribution in [2.45, 2.75) is 0 Å². The Labute approximate surface area is 116 Å². The van der Waals surface area contributed by atoms with E-state index in [0.29, 0.717) is 22.3 Å². The predicted molar refractivity (Wildman–Crippen MR) is 79.4 cm³/mol. The number of para-hydroxylation sites is 1. The van der Waals surface area contributed by atoms with Crippen molar-refractivity contribution in [3.8, 4) is 0 Å². The van der Waals surface area contributed by atoms with E-state index in [-0.39, 0.29) is 5.56 Å². The van der Waals surface area contributed by atoms with E-state index in [1.807, 2.05) is 30.3 Å². The summed E-state index contributed by atoms with van der Waals surface area (Å²) in [6.45, 7) is 4.04. The van der Waals surface area contributed by atoms with Gasteiger partial charge in [0.15, 0.2) is 0 Å². The van der Waals surface area contributed by atoms with Crippen LogP contribution in [-0.4, -0.2) is 14.5 Å². The second-order valence-corrected chi connectivity index (χ2v) is 4.54. The van der Waals surface area contributed by atoms with Crippen molar-refractivity contribution in [2.75, 3.05) is 0 Å². The number of pyridine rings is 1. The SMILES string of the molecule is C=C(c1cccnc1)c1nc2ccccc2c(=O)n1C. The fraction of sp³-hybridized carbons (Fsp3) is 0.0625. The Kier molecular flexibility index (Phi) is 2.91. The van der Waals surface area contributed by atoms with Crippen LogP contribution in [0.15, 0.2) is 60.2 Å². The topological polar surface area (TPSA) is 47.8 Å². The monoisotopic (exact) mass is 263 g/mol. The number of benzene rings is 1. The molecule has 0 saturated carbocycles. The van der Waals surface area contributed by atoms with E-state index in [1.54, 1.807) is 25.5 Å². The normalized spacial score (nSPS) is 10.7. The molecule has 0 saturated heterocycles. The van der Waals surface area contributed by atoms with Gasteiger partial charge in [-0.2, -0.15) is 0 Å². The van der Waals surface area contributed by atoms with Gasteiger partial charge in [-0.25, -0.2) is 4.98 Å². The molecule has 3 aromatic rings. The molecule has 0 N–H and O–H groups in total. The highest BCUT2D eigenvalue weighted by molar-refractivity contribution is 5.81. The molecule has 0 aliphatic rings. The standard InChI is InChI=1S/C16H13N3O/c1-11(12-6-5-9-17-10-12)15-18-14-8-4-3-7-13(14)16(20)19(15)2/h3-10H,1H2,2H3. The molecule has 1 aromatic carbocycles. The maximum atomic E-state index is 12.4. The van der Waals surface area contributed by atoms with E-state index in [4.69, 9.17) is 0 Å². The molecule has 2 heterocycles. The van der Waals surface area contributed by atoms with Gasteiger partial charge in [-0.05, 0) is 18.2 Å². The minimum atomic E-state index is -0.0735.